The van der Waals surface area contributed by atoms with Crippen LogP contribution in [0.25, 0.3) is 10.8 Å². The van der Waals surface area contributed by atoms with Gasteiger partial charge in [0.05, 0.1) is 16.9 Å². The van der Waals surface area contributed by atoms with Gasteiger partial charge in [0.15, 0.2) is 0 Å². The molecule has 0 radical (unpaired) electrons. The average molecular weight is 201 g/mol. The zero-order valence-electron chi connectivity index (χ0n) is 8.03. The number of benzene rings is 2. The van der Waals surface area contributed by atoms with Crippen molar-refractivity contribution in [2.45, 2.75) is 0 Å². The molecule has 0 atom stereocenters. The monoisotopic (exact) mass is 201 g/mol. The van der Waals surface area contributed by atoms with E-state index in [4.69, 9.17) is 17.2 Å². The van der Waals surface area contributed by atoms with Crippen LogP contribution in [-0.2, 0) is 0 Å². The van der Waals surface area contributed by atoms with Gasteiger partial charge in [-0.2, -0.15) is 0 Å². The van der Waals surface area contributed by atoms with Crippen LogP contribution in [0, 0.1) is 0 Å². The fraction of sp³-hybridized carbons (Fsp3) is 0. The standard InChI is InChI=1S/C11H11N3O/c12-8-5-6-3-1-2-4-7(6)9(10(8)13)11(14)15/h1-5H,12-13H2,(H2,14,15). The van der Waals surface area contributed by atoms with Gasteiger partial charge >= 0.3 is 0 Å². The molecule has 2 aromatic carbocycles. The molecule has 76 valence electrons. The molecule has 0 saturated heterocycles. The molecule has 4 heteroatoms. The third-order valence-electron chi connectivity index (χ3n) is 2.37. The van der Waals surface area contributed by atoms with Gasteiger partial charge in [-0.05, 0) is 16.8 Å². The maximum absolute atomic E-state index is 11.3. The maximum atomic E-state index is 11.3. The number of hydrogen-bond donors (Lipinski definition) is 3. The number of carbonyl (C=O) groups is 1. The summed E-state index contributed by atoms with van der Waals surface area (Å²) in [7, 11) is 0. The van der Waals surface area contributed by atoms with Gasteiger partial charge in [-0.3, -0.25) is 4.79 Å². The molecule has 0 saturated carbocycles. The Balaban J connectivity index is 2.95. The molecule has 0 aliphatic carbocycles. The quantitative estimate of drug-likeness (QED) is 0.603. The fourth-order valence-electron chi connectivity index (χ4n) is 1.65. The summed E-state index contributed by atoms with van der Waals surface area (Å²) in [5, 5.41) is 1.59. The summed E-state index contributed by atoms with van der Waals surface area (Å²) in [6.07, 6.45) is 0. The van der Waals surface area contributed by atoms with E-state index >= 15 is 0 Å². The summed E-state index contributed by atoms with van der Waals surface area (Å²) in [5.74, 6) is -0.559. The van der Waals surface area contributed by atoms with Crippen molar-refractivity contribution in [1.82, 2.24) is 0 Å². The Morgan fingerprint density at radius 2 is 1.80 bits per heavy atom. The third kappa shape index (κ3) is 1.36. The number of fused-ring (bicyclic) bond motifs is 1. The van der Waals surface area contributed by atoms with Gasteiger partial charge in [-0.15, -0.1) is 0 Å². The predicted octanol–water partition coefficient (Wildman–Crippen LogP) is 1.10. The Bertz CT molecular complexity index is 549. The van der Waals surface area contributed by atoms with Crippen LogP contribution in [0.3, 0.4) is 0 Å². The van der Waals surface area contributed by atoms with Crippen molar-refractivity contribution in [3.63, 3.8) is 0 Å². The van der Waals surface area contributed by atoms with Gasteiger partial charge < -0.3 is 17.2 Å². The summed E-state index contributed by atoms with van der Waals surface area (Å²) < 4.78 is 0. The van der Waals surface area contributed by atoms with Gasteiger partial charge in [-0.25, -0.2) is 0 Å². The molecule has 0 heterocycles. The summed E-state index contributed by atoms with van der Waals surface area (Å²) in [6.45, 7) is 0. The molecule has 0 aromatic heterocycles. The lowest BCUT2D eigenvalue weighted by molar-refractivity contribution is 0.100. The second kappa shape index (κ2) is 3.16. The normalized spacial score (nSPS) is 10.4. The zero-order valence-corrected chi connectivity index (χ0v) is 8.03. The van der Waals surface area contributed by atoms with E-state index < -0.39 is 5.91 Å². The second-order valence-corrected chi connectivity index (χ2v) is 3.34. The highest BCUT2D eigenvalue weighted by atomic mass is 16.1. The van der Waals surface area contributed by atoms with Crippen molar-refractivity contribution in [3.05, 3.63) is 35.9 Å². The largest absolute Gasteiger partial charge is 0.397 e. The molecule has 6 N–H and O–H groups in total. The number of primary amides is 1. The molecule has 0 unspecified atom stereocenters. The van der Waals surface area contributed by atoms with Crippen molar-refractivity contribution in [2.24, 2.45) is 5.73 Å². The predicted molar refractivity (Wildman–Crippen MR) is 61.3 cm³/mol. The van der Waals surface area contributed by atoms with Crippen LogP contribution in [0.4, 0.5) is 11.4 Å². The van der Waals surface area contributed by atoms with Gasteiger partial charge in [0.25, 0.3) is 5.91 Å². The van der Waals surface area contributed by atoms with Gasteiger partial charge in [0, 0.05) is 0 Å². The average Bonchev–Trinajstić information content (AvgIpc) is 2.19. The molecule has 0 fully saturated rings. The Labute approximate surface area is 86.7 Å². The molecule has 0 aliphatic rings. The molecule has 0 bridgehead atoms. The van der Waals surface area contributed by atoms with Crippen LogP contribution in [0.15, 0.2) is 30.3 Å². The number of carbonyl (C=O) groups excluding carboxylic acids is 1. The number of hydrogen-bond acceptors (Lipinski definition) is 3. The van der Waals surface area contributed by atoms with E-state index in [2.05, 4.69) is 0 Å². The third-order valence-corrected chi connectivity index (χ3v) is 2.37. The number of anilines is 2. The van der Waals surface area contributed by atoms with E-state index in [-0.39, 0.29) is 5.69 Å². The van der Waals surface area contributed by atoms with Crippen molar-refractivity contribution in [2.75, 3.05) is 11.5 Å². The van der Waals surface area contributed by atoms with Crippen LogP contribution in [-0.4, -0.2) is 5.91 Å². The van der Waals surface area contributed by atoms with Crippen LogP contribution in [0.2, 0.25) is 0 Å². The van der Waals surface area contributed by atoms with Crippen LogP contribution in [0.1, 0.15) is 10.4 Å². The first-order valence-corrected chi connectivity index (χ1v) is 4.47. The zero-order chi connectivity index (χ0) is 11.0. The van der Waals surface area contributed by atoms with Crippen LogP contribution in [0.5, 0.6) is 0 Å². The van der Waals surface area contributed by atoms with E-state index in [1.165, 1.54) is 0 Å². The summed E-state index contributed by atoms with van der Waals surface area (Å²) >= 11 is 0. The Kier molecular flexibility index (Phi) is 1.97. The Morgan fingerprint density at radius 3 is 2.47 bits per heavy atom. The molecular formula is C11H11N3O. The minimum Gasteiger partial charge on any atom is -0.397 e. The molecule has 1 amide bonds. The van der Waals surface area contributed by atoms with E-state index in [9.17, 15) is 4.79 Å². The van der Waals surface area contributed by atoms with E-state index in [1.54, 1.807) is 12.1 Å². The highest BCUT2D eigenvalue weighted by molar-refractivity contribution is 6.13. The highest BCUT2D eigenvalue weighted by Crippen LogP contribution is 2.29. The molecular weight excluding hydrogens is 190 g/mol. The van der Waals surface area contributed by atoms with Crippen molar-refractivity contribution in [1.29, 1.82) is 0 Å². The number of amides is 1. The topological polar surface area (TPSA) is 95.1 Å². The highest BCUT2D eigenvalue weighted by Gasteiger charge is 2.13. The first-order valence-electron chi connectivity index (χ1n) is 4.47. The smallest absolute Gasteiger partial charge is 0.251 e. The van der Waals surface area contributed by atoms with E-state index in [1.807, 2.05) is 18.2 Å². The molecule has 0 spiro atoms. The minimum atomic E-state index is -0.559. The van der Waals surface area contributed by atoms with Crippen LogP contribution < -0.4 is 17.2 Å². The minimum absolute atomic E-state index is 0.251. The van der Waals surface area contributed by atoms with Crippen molar-refractivity contribution in [3.8, 4) is 0 Å². The number of nitrogen functional groups attached to an aromatic ring is 2. The lowest BCUT2D eigenvalue weighted by Crippen LogP contribution is -2.15. The lowest BCUT2D eigenvalue weighted by Gasteiger charge is -2.09. The molecule has 4 nitrogen and oxygen atoms in total. The number of nitrogens with two attached hydrogens (primary N) is 3. The van der Waals surface area contributed by atoms with E-state index in [0.29, 0.717) is 11.3 Å². The molecule has 2 rings (SSSR count). The number of rotatable bonds is 1. The summed E-state index contributed by atoms with van der Waals surface area (Å²) in [5.41, 5.74) is 17.6. The summed E-state index contributed by atoms with van der Waals surface area (Å²) in [4.78, 5) is 11.3. The first kappa shape index (κ1) is 9.33. The fourth-order valence-corrected chi connectivity index (χ4v) is 1.65. The second-order valence-electron chi connectivity index (χ2n) is 3.34. The van der Waals surface area contributed by atoms with Crippen LogP contribution >= 0.6 is 0 Å². The molecule has 15 heavy (non-hydrogen) atoms. The summed E-state index contributed by atoms with van der Waals surface area (Å²) in [6, 6.07) is 9.08. The Hall–Kier alpha value is -2.23. The maximum Gasteiger partial charge on any atom is 0.251 e. The van der Waals surface area contributed by atoms with Gasteiger partial charge in [0.1, 0.15) is 0 Å². The molecule has 0 aliphatic heterocycles. The van der Waals surface area contributed by atoms with E-state index in [0.717, 1.165) is 10.8 Å². The first-order chi connectivity index (χ1) is 7.11. The van der Waals surface area contributed by atoms with Gasteiger partial charge in [0.2, 0.25) is 0 Å². The van der Waals surface area contributed by atoms with Crippen molar-refractivity contribution < 1.29 is 4.79 Å². The lowest BCUT2D eigenvalue weighted by atomic mass is 10.0. The molecule has 2 aromatic rings. The SMILES string of the molecule is NC(=O)c1c(N)c(N)cc2ccccc12. The van der Waals surface area contributed by atoms with Gasteiger partial charge in [-0.1, -0.05) is 24.3 Å². The van der Waals surface area contributed by atoms with Crippen molar-refractivity contribution >= 4 is 28.1 Å². The Morgan fingerprint density at radius 1 is 1.13 bits per heavy atom.